The van der Waals surface area contributed by atoms with E-state index in [0.29, 0.717) is 22.4 Å². The molecular weight excluding hydrogens is 365 g/mol. The molecule has 0 fully saturated rings. The van der Waals surface area contributed by atoms with Gasteiger partial charge in [-0.25, -0.2) is 9.18 Å². The second-order valence-corrected chi connectivity index (χ2v) is 7.75. The predicted molar refractivity (Wildman–Crippen MR) is 118 cm³/mol. The summed E-state index contributed by atoms with van der Waals surface area (Å²) < 4.78 is 20.3. The second kappa shape index (κ2) is 10.3. The highest BCUT2D eigenvalue weighted by molar-refractivity contribution is 6.01. The van der Waals surface area contributed by atoms with Crippen molar-refractivity contribution in [2.45, 2.75) is 66.2 Å². The molecule has 0 atom stereocenters. The van der Waals surface area contributed by atoms with Gasteiger partial charge in [-0.1, -0.05) is 71.4 Å². The molecule has 0 N–H and O–H groups in total. The van der Waals surface area contributed by atoms with Crippen molar-refractivity contribution in [3.05, 3.63) is 58.7 Å². The number of carbonyl (C=O) groups excluding carboxylic acids is 1. The van der Waals surface area contributed by atoms with Crippen molar-refractivity contribution in [2.24, 2.45) is 0 Å². The highest BCUT2D eigenvalue weighted by Gasteiger charge is 2.28. The van der Waals surface area contributed by atoms with Crippen molar-refractivity contribution in [3.8, 4) is 11.1 Å². The molecule has 4 heteroatoms. The third-order valence-corrected chi connectivity index (χ3v) is 4.75. The van der Waals surface area contributed by atoms with Gasteiger partial charge in [-0.3, -0.25) is 4.98 Å². The number of benzene rings is 1. The largest absolute Gasteiger partial charge is 0.462 e. The van der Waals surface area contributed by atoms with E-state index in [2.05, 4.69) is 26.8 Å². The van der Waals surface area contributed by atoms with Crippen LogP contribution in [0.15, 0.2) is 30.3 Å². The summed E-state index contributed by atoms with van der Waals surface area (Å²) in [5.74, 6) is -0.706. The van der Waals surface area contributed by atoms with E-state index in [0.717, 1.165) is 24.1 Å². The van der Waals surface area contributed by atoms with Gasteiger partial charge in [0, 0.05) is 16.7 Å². The van der Waals surface area contributed by atoms with Crippen LogP contribution < -0.4 is 0 Å². The van der Waals surface area contributed by atoms with Crippen molar-refractivity contribution in [2.75, 3.05) is 6.61 Å². The number of nitrogens with zero attached hydrogens (tertiary/aromatic N) is 1. The predicted octanol–water partition coefficient (Wildman–Crippen LogP) is 7.12. The van der Waals surface area contributed by atoms with Crippen LogP contribution in [0.25, 0.3) is 17.2 Å². The van der Waals surface area contributed by atoms with Crippen LogP contribution in [0.2, 0.25) is 0 Å². The average Bonchev–Trinajstić information content (AvgIpc) is 2.67. The van der Waals surface area contributed by atoms with Crippen LogP contribution in [0.4, 0.5) is 4.39 Å². The maximum atomic E-state index is 14.9. The van der Waals surface area contributed by atoms with Crippen LogP contribution in [-0.2, 0) is 4.74 Å². The molecule has 1 aromatic heterocycles. The quantitative estimate of drug-likeness (QED) is 0.445. The first-order chi connectivity index (χ1) is 13.8. The number of hydrogen-bond acceptors (Lipinski definition) is 3. The Morgan fingerprint density at radius 1 is 1.10 bits per heavy atom. The van der Waals surface area contributed by atoms with Gasteiger partial charge in [0.2, 0.25) is 0 Å². The molecule has 1 aromatic carbocycles. The van der Waals surface area contributed by atoms with Crippen LogP contribution in [0.5, 0.6) is 0 Å². The minimum Gasteiger partial charge on any atom is -0.462 e. The lowest BCUT2D eigenvalue weighted by atomic mass is 9.86. The van der Waals surface area contributed by atoms with Gasteiger partial charge in [0.15, 0.2) is 0 Å². The number of carbonyl (C=O) groups is 1. The molecule has 0 spiro atoms. The molecule has 1 heterocycles. The maximum Gasteiger partial charge on any atom is 0.340 e. The van der Waals surface area contributed by atoms with E-state index in [-0.39, 0.29) is 24.3 Å². The number of halogens is 1. The molecule has 156 valence electrons. The summed E-state index contributed by atoms with van der Waals surface area (Å²) in [7, 11) is 0. The third kappa shape index (κ3) is 5.11. The molecule has 2 rings (SSSR count). The monoisotopic (exact) mass is 397 g/mol. The van der Waals surface area contributed by atoms with Gasteiger partial charge in [0.1, 0.15) is 5.82 Å². The molecule has 0 saturated carbocycles. The minimum atomic E-state index is -0.456. The summed E-state index contributed by atoms with van der Waals surface area (Å²) >= 11 is 0. The zero-order valence-electron chi connectivity index (χ0n) is 18.4. The molecule has 3 nitrogen and oxygen atoms in total. The fraction of sp³-hybridized carbons (Fsp3) is 0.440. The number of unbranched alkanes of at least 4 members (excludes halogenated alkanes) is 1. The number of allylic oxidation sites excluding steroid dienone is 1. The second-order valence-electron chi connectivity index (χ2n) is 7.75. The van der Waals surface area contributed by atoms with Crippen molar-refractivity contribution in [1.82, 2.24) is 4.98 Å². The normalized spacial score (nSPS) is 11.6. The first-order valence-electron chi connectivity index (χ1n) is 10.5. The van der Waals surface area contributed by atoms with Crippen LogP contribution in [0, 0.1) is 5.82 Å². The number of pyridine rings is 1. The van der Waals surface area contributed by atoms with Crippen LogP contribution >= 0.6 is 0 Å². The zero-order chi connectivity index (χ0) is 21.6. The summed E-state index contributed by atoms with van der Waals surface area (Å²) in [4.78, 5) is 17.9. The molecule has 0 radical (unpaired) electrons. The van der Waals surface area contributed by atoms with Crippen molar-refractivity contribution in [3.63, 3.8) is 0 Å². The standard InChI is InChI=1S/C25H32FNO2/c1-7-9-10-14-19-21(18-13-11-12-15-20(18)26)22(25(28)29-8-2)24(17(5)6)27-23(19)16(3)4/h10-17H,7-9H2,1-6H3/b14-10+. The summed E-state index contributed by atoms with van der Waals surface area (Å²) in [6, 6.07) is 6.59. The van der Waals surface area contributed by atoms with Crippen LogP contribution in [-0.4, -0.2) is 17.6 Å². The first-order valence-corrected chi connectivity index (χ1v) is 10.5. The Labute approximate surface area is 174 Å². The molecule has 0 unspecified atom stereocenters. The van der Waals surface area contributed by atoms with E-state index in [1.807, 2.05) is 19.9 Å². The lowest BCUT2D eigenvalue weighted by Crippen LogP contribution is -2.17. The molecule has 0 amide bonds. The van der Waals surface area contributed by atoms with E-state index in [9.17, 15) is 9.18 Å². The minimum absolute atomic E-state index is 0.00824. The molecule has 2 aromatic rings. The Kier molecular flexibility index (Phi) is 8.12. The van der Waals surface area contributed by atoms with E-state index >= 15 is 0 Å². The van der Waals surface area contributed by atoms with Gasteiger partial charge in [-0.2, -0.15) is 0 Å². The van der Waals surface area contributed by atoms with E-state index in [1.54, 1.807) is 25.1 Å². The molecular formula is C25H32FNO2. The van der Waals surface area contributed by atoms with Gasteiger partial charge in [-0.05, 0) is 31.2 Å². The van der Waals surface area contributed by atoms with E-state index < -0.39 is 5.97 Å². The lowest BCUT2D eigenvalue weighted by molar-refractivity contribution is 0.0525. The highest BCUT2D eigenvalue weighted by Crippen LogP contribution is 2.38. The van der Waals surface area contributed by atoms with Gasteiger partial charge in [0.05, 0.1) is 23.6 Å². The molecule has 0 bridgehead atoms. The fourth-order valence-corrected chi connectivity index (χ4v) is 3.38. The lowest BCUT2D eigenvalue weighted by Gasteiger charge is -2.23. The Morgan fingerprint density at radius 3 is 2.31 bits per heavy atom. The Bertz CT molecular complexity index is 885. The average molecular weight is 398 g/mol. The molecule has 29 heavy (non-hydrogen) atoms. The summed E-state index contributed by atoms with van der Waals surface area (Å²) in [5, 5.41) is 0. The Balaban J connectivity index is 3.01. The number of rotatable bonds is 8. The summed E-state index contributed by atoms with van der Waals surface area (Å²) in [6.07, 6.45) is 5.96. The highest BCUT2D eigenvalue weighted by atomic mass is 19.1. The maximum absolute atomic E-state index is 14.9. The van der Waals surface area contributed by atoms with Gasteiger partial charge < -0.3 is 4.74 Å². The summed E-state index contributed by atoms with van der Waals surface area (Å²) in [5.41, 5.74) is 3.66. The number of aromatic nitrogens is 1. The first kappa shape index (κ1) is 22.8. The fourth-order valence-electron chi connectivity index (χ4n) is 3.38. The van der Waals surface area contributed by atoms with E-state index in [1.165, 1.54) is 6.07 Å². The van der Waals surface area contributed by atoms with Crippen molar-refractivity contribution < 1.29 is 13.9 Å². The van der Waals surface area contributed by atoms with Crippen LogP contribution in [0.1, 0.15) is 93.5 Å². The van der Waals surface area contributed by atoms with E-state index in [4.69, 9.17) is 9.72 Å². The van der Waals surface area contributed by atoms with Gasteiger partial charge in [-0.15, -0.1) is 0 Å². The SMILES string of the molecule is CCC/C=C/c1c(C(C)C)nc(C(C)C)c(C(=O)OCC)c1-c1ccccc1F. The van der Waals surface area contributed by atoms with Gasteiger partial charge in [0.25, 0.3) is 0 Å². The van der Waals surface area contributed by atoms with Crippen molar-refractivity contribution >= 4 is 12.0 Å². The number of hydrogen-bond donors (Lipinski definition) is 0. The topological polar surface area (TPSA) is 39.2 Å². The zero-order valence-corrected chi connectivity index (χ0v) is 18.4. The number of ether oxygens (including phenoxy) is 1. The van der Waals surface area contributed by atoms with Crippen LogP contribution in [0.3, 0.4) is 0 Å². The molecule has 0 aliphatic rings. The molecule has 0 saturated heterocycles. The smallest absolute Gasteiger partial charge is 0.340 e. The third-order valence-electron chi connectivity index (χ3n) is 4.75. The Hall–Kier alpha value is -2.49. The molecule has 0 aliphatic carbocycles. The Morgan fingerprint density at radius 2 is 1.76 bits per heavy atom. The summed E-state index contributed by atoms with van der Waals surface area (Å²) in [6.45, 7) is 12.3. The number of esters is 1. The van der Waals surface area contributed by atoms with Gasteiger partial charge >= 0.3 is 5.97 Å². The molecule has 0 aliphatic heterocycles. The van der Waals surface area contributed by atoms with Crippen molar-refractivity contribution in [1.29, 1.82) is 0 Å².